The van der Waals surface area contributed by atoms with Crippen molar-refractivity contribution in [2.24, 2.45) is 0 Å². The van der Waals surface area contributed by atoms with Crippen molar-refractivity contribution >= 4 is 41.5 Å². The number of fused-ring (bicyclic) bond motifs is 3. The monoisotopic (exact) mass is 500 g/mol. The van der Waals surface area contributed by atoms with E-state index in [4.69, 9.17) is 4.74 Å². The van der Waals surface area contributed by atoms with Crippen molar-refractivity contribution in [1.82, 2.24) is 10.2 Å². The van der Waals surface area contributed by atoms with E-state index in [1.54, 1.807) is 11.8 Å². The first-order valence-corrected chi connectivity index (χ1v) is 13.8. The maximum atomic E-state index is 13.2. The molecule has 1 aliphatic carbocycles. The summed E-state index contributed by atoms with van der Waals surface area (Å²) in [5.74, 6) is 0.215. The van der Waals surface area contributed by atoms with Crippen molar-refractivity contribution in [3.05, 3.63) is 59.7 Å². The number of nitrogens with zero attached hydrogens (tertiary/aromatic N) is 1. The van der Waals surface area contributed by atoms with Crippen LogP contribution in [-0.4, -0.2) is 76.7 Å². The highest BCUT2D eigenvalue weighted by Crippen LogP contribution is 2.44. The summed E-state index contributed by atoms with van der Waals surface area (Å²) < 4.78 is 5.61. The van der Waals surface area contributed by atoms with Crippen LogP contribution >= 0.6 is 23.5 Å². The molecule has 2 aromatic carbocycles. The Hall–Kier alpha value is -2.65. The zero-order chi connectivity index (χ0) is 24.1. The number of amides is 2. The molecule has 2 atom stereocenters. The van der Waals surface area contributed by atoms with Crippen LogP contribution in [0.25, 0.3) is 11.1 Å². The van der Waals surface area contributed by atoms with Gasteiger partial charge in [0.2, 0.25) is 5.91 Å². The molecule has 2 aliphatic rings. The van der Waals surface area contributed by atoms with E-state index in [1.807, 2.05) is 42.7 Å². The molecule has 34 heavy (non-hydrogen) atoms. The van der Waals surface area contributed by atoms with Gasteiger partial charge in [-0.25, -0.2) is 9.59 Å². The van der Waals surface area contributed by atoms with Gasteiger partial charge in [0, 0.05) is 24.0 Å². The summed E-state index contributed by atoms with van der Waals surface area (Å²) in [5, 5.41) is 12.3. The summed E-state index contributed by atoms with van der Waals surface area (Å²) in [6.45, 7) is 0.504. The second kappa shape index (κ2) is 11.2. The summed E-state index contributed by atoms with van der Waals surface area (Å²) in [4.78, 5) is 39.0. The molecule has 0 bridgehead atoms. The van der Waals surface area contributed by atoms with Crippen LogP contribution in [0.2, 0.25) is 0 Å². The predicted molar refractivity (Wildman–Crippen MR) is 135 cm³/mol. The Morgan fingerprint density at radius 2 is 1.79 bits per heavy atom. The number of carbonyl (C=O) groups is 3. The number of rotatable bonds is 8. The maximum Gasteiger partial charge on any atom is 0.407 e. The van der Waals surface area contributed by atoms with Gasteiger partial charge in [-0.05, 0) is 40.7 Å². The first kappa shape index (κ1) is 24.5. The van der Waals surface area contributed by atoms with Crippen molar-refractivity contribution in [3.63, 3.8) is 0 Å². The van der Waals surface area contributed by atoms with Gasteiger partial charge >= 0.3 is 12.1 Å². The van der Waals surface area contributed by atoms with Gasteiger partial charge in [-0.3, -0.25) is 4.79 Å². The maximum absolute atomic E-state index is 13.2. The molecule has 0 spiro atoms. The van der Waals surface area contributed by atoms with Gasteiger partial charge in [-0.1, -0.05) is 48.5 Å². The molecule has 2 amide bonds. The molecule has 4 rings (SSSR count). The van der Waals surface area contributed by atoms with Crippen molar-refractivity contribution < 1.29 is 24.2 Å². The summed E-state index contributed by atoms with van der Waals surface area (Å²) >= 11 is 3.08. The normalized spacial score (nSPS) is 18.0. The molecule has 0 aromatic heterocycles. The molecule has 1 heterocycles. The van der Waals surface area contributed by atoms with Crippen molar-refractivity contribution in [3.8, 4) is 11.1 Å². The summed E-state index contributed by atoms with van der Waals surface area (Å²) in [5.41, 5.74) is 4.51. The van der Waals surface area contributed by atoms with Gasteiger partial charge < -0.3 is 20.1 Å². The lowest BCUT2D eigenvalue weighted by atomic mass is 9.98. The SMILES string of the molecule is CSCC[C@H](NC(=O)OCC1c2ccccc2-c2ccccc21)C(=O)N1CCSCC1C(=O)O. The van der Waals surface area contributed by atoms with Gasteiger partial charge in [-0.2, -0.15) is 23.5 Å². The second-order valence-corrected chi connectivity index (χ2v) is 10.4. The highest BCUT2D eigenvalue weighted by Gasteiger charge is 2.36. The van der Waals surface area contributed by atoms with Crippen LogP contribution in [0.1, 0.15) is 23.5 Å². The molecule has 1 fully saturated rings. The number of benzene rings is 2. The van der Waals surface area contributed by atoms with E-state index in [2.05, 4.69) is 17.4 Å². The number of thioether (sulfide) groups is 2. The lowest BCUT2D eigenvalue weighted by Crippen LogP contribution is -2.57. The molecular formula is C25H28N2O5S2. The average Bonchev–Trinajstić information content (AvgIpc) is 3.18. The van der Waals surface area contributed by atoms with Gasteiger partial charge in [-0.15, -0.1) is 0 Å². The Bertz CT molecular complexity index is 1020. The van der Waals surface area contributed by atoms with Crippen LogP contribution in [0.3, 0.4) is 0 Å². The lowest BCUT2D eigenvalue weighted by molar-refractivity contribution is -0.150. The van der Waals surface area contributed by atoms with Crippen LogP contribution < -0.4 is 5.32 Å². The summed E-state index contributed by atoms with van der Waals surface area (Å²) in [6.07, 6.45) is 1.66. The molecule has 2 N–H and O–H groups in total. The Morgan fingerprint density at radius 1 is 1.15 bits per heavy atom. The first-order chi connectivity index (χ1) is 16.5. The van der Waals surface area contributed by atoms with Crippen LogP contribution in [-0.2, 0) is 14.3 Å². The average molecular weight is 501 g/mol. The van der Waals surface area contributed by atoms with E-state index in [0.29, 0.717) is 30.2 Å². The third kappa shape index (κ3) is 5.20. The highest BCUT2D eigenvalue weighted by molar-refractivity contribution is 7.99. The second-order valence-electron chi connectivity index (χ2n) is 8.26. The Labute approximate surface area is 207 Å². The van der Waals surface area contributed by atoms with Gasteiger partial charge in [0.1, 0.15) is 18.7 Å². The predicted octanol–water partition coefficient (Wildman–Crippen LogP) is 3.68. The van der Waals surface area contributed by atoms with E-state index in [0.717, 1.165) is 22.3 Å². The third-order valence-corrected chi connectivity index (χ3v) is 7.91. The number of carbonyl (C=O) groups excluding carboxylic acids is 2. The fourth-order valence-electron chi connectivity index (χ4n) is 4.55. The minimum atomic E-state index is -1.02. The molecule has 0 saturated carbocycles. The number of aliphatic carboxylic acids is 1. The number of alkyl carbamates (subject to hydrolysis) is 1. The minimum absolute atomic E-state index is 0.0750. The molecular weight excluding hydrogens is 472 g/mol. The Morgan fingerprint density at radius 3 is 2.41 bits per heavy atom. The fraction of sp³-hybridized carbons (Fsp3) is 0.400. The lowest BCUT2D eigenvalue weighted by Gasteiger charge is -2.35. The van der Waals surface area contributed by atoms with Crippen LogP contribution in [0, 0.1) is 0 Å². The van der Waals surface area contributed by atoms with Crippen molar-refractivity contribution in [1.29, 1.82) is 0 Å². The minimum Gasteiger partial charge on any atom is -0.480 e. The Kier molecular flexibility index (Phi) is 8.05. The topological polar surface area (TPSA) is 95.9 Å². The highest BCUT2D eigenvalue weighted by atomic mass is 32.2. The smallest absolute Gasteiger partial charge is 0.407 e. The van der Waals surface area contributed by atoms with E-state index in [1.165, 1.54) is 16.7 Å². The molecule has 0 radical (unpaired) electrons. The van der Waals surface area contributed by atoms with Gasteiger partial charge in [0.15, 0.2) is 0 Å². The molecule has 9 heteroatoms. The molecule has 1 saturated heterocycles. The quantitative estimate of drug-likeness (QED) is 0.571. The molecule has 7 nitrogen and oxygen atoms in total. The molecule has 1 aliphatic heterocycles. The van der Waals surface area contributed by atoms with E-state index >= 15 is 0 Å². The van der Waals surface area contributed by atoms with Gasteiger partial charge in [0.25, 0.3) is 0 Å². The number of carboxylic acids is 1. The fourth-order valence-corrected chi connectivity index (χ4v) is 6.06. The van der Waals surface area contributed by atoms with Crippen molar-refractivity contribution in [2.45, 2.75) is 24.4 Å². The van der Waals surface area contributed by atoms with E-state index in [9.17, 15) is 19.5 Å². The van der Waals surface area contributed by atoms with Crippen LogP contribution in [0.4, 0.5) is 4.79 Å². The number of ether oxygens (including phenoxy) is 1. The van der Waals surface area contributed by atoms with Crippen LogP contribution in [0.15, 0.2) is 48.5 Å². The first-order valence-electron chi connectivity index (χ1n) is 11.2. The number of hydrogen-bond donors (Lipinski definition) is 2. The van der Waals surface area contributed by atoms with Crippen LogP contribution in [0.5, 0.6) is 0 Å². The standard InChI is InChI=1S/C25H28N2O5S2/c1-33-12-10-21(23(28)27-11-13-34-15-22(27)24(29)30)26-25(31)32-14-20-18-8-4-2-6-16(18)17-7-3-5-9-19(17)20/h2-9,20-22H,10-15H2,1H3,(H,26,31)(H,29,30)/t21-,22?/m0/s1. The summed E-state index contributed by atoms with van der Waals surface area (Å²) in [7, 11) is 0. The van der Waals surface area contributed by atoms with Gasteiger partial charge in [0.05, 0.1) is 0 Å². The number of carboxylic acid groups (broad SMARTS) is 1. The number of nitrogens with one attached hydrogen (secondary N) is 1. The molecule has 1 unspecified atom stereocenters. The zero-order valence-corrected chi connectivity index (χ0v) is 20.6. The van der Waals surface area contributed by atoms with Crippen molar-refractivity contribution in [2.75, 3.05) is 36.7 Å². The zero-order valence-electron chi connectivity index (χ0n) is 18.9. The molecule has 180 valence electrons. The van der Waals surface area contributed by atoms with E-state index < -0.39 is 24.1 Å². The Balaban J connectivity index is 1.44. The summed E-state index contributed by atoms with van der Waals surface area (Å²) in [6, 6.07) is 14.5. The third-order valence-electron chi connectivity index (χ3n) is 6.24. The molecule has 2 aromatic rings. The largest absolute Gasteiger partial charge is 0.480 e. The number of hydrogen-bond acceptors (Lipinski definition) is 6. The van der Waals surface area contributed by atoms with E-state index in [-0.39, 0.29) is 18.4 Å².